The lowest BCUT2D eigenvalue weighted by atomic mass is 10.2. The second kappa shape index (κ2) is 3.40. The molecule has 0 atom stereocenters. The van der Waals surface area contributed by atoms with Gasteiger partial charge in [0.1, 0.15) is 5.82 Å². The van der Waals surface area contributed by atoms with Crippen molar-refractivity contribution in [3.05, 3.63) is 26.8 Å². The zero-order chi connectivity index (χ0) is 10.1. The van der Waals surface area contributed by atoms with Crippen molar-refractivity contribution in [2.24, 2.45) is 7.05 Å². The van der Waals surface area contributed by atoms with Crippen LogP contribution in [-0.2, 0) is 20.0 Å². The molecule has 5 nitrogen and oxygen atoms in total. The summed E-state index contributed by atoms with van der Waals surface area (Å²) in [6.07, 6.45) is 3.85. The molecule has 2 rings (SSSR count). The summed E-state index contributed by atoms with van der Waals surface area (Å²) < 4.78 is 2.68. The molecule has 14 heavy (non-hydrogen) atoms. The molecule has 1 aromatic rings. The van der Waals surface area contributed by atoms with E-state index in [1.807, 2.05) is 0 Å². The minimum atomic E-state index is -0.442. The number of aryl methyl sites for hydroxylation is 1. The minimum Gasteiger partial charge on any atom is -0.281 e. The lowest BCUT2D eigenvalue weighted by molar-refractivity contribution is 0.545. The van der Waals surface area contributed by atoms with Gasteiger partial charge < -0.3 is 0 Å². The van der Waals surface area contributed by atoms with Gasteiger partial charge in [0.15, 0.2) is 0 Å². The molecule has 0 fully saturated rings. The van der Waals surface area contributed by atoms with Gasteiger partial charge >= 0.3 is 11.4 Å². The van der Waals surface area contributed by atoms with Gasteiger partial charge in [-0.2, -0.15) is 4.98 Å². The van der Waals surface area contributed by atoms with Crippen molar-refractivity contribution < 1.29 is 0 Å². The third-order valence-corrected chi connectivity index (χ3v) is 2.62. The van der Waals surface area contributed by atoms with Gasteiger partial charge in [-0.15, -0.1) is 0 Å². The summed E-state index contributed by atoms with van der Waals surface area (Å²) in [7, 11) is 1.47. The smallest absolute Gasteiger partial charge is 0.281 e. The van der Waals surface area contributed by atoms with Gasteiger partial charge in [-0.25, -0.2) is 14.2 Å². The standard InChI is InChI=1S/C9H13N3O2/c1-11-8(13)10-7-5-3-2-4-6-12(7)9(11)14/h2-6H2,1H3. The Balaban J connectivity index is 2.67. The molecular formula is C9H13N3O2. The topological polar surface area (TPSA) is 56.9 Å². The number of aromatic nitrogens is 3. The minimum absolute atomic E-state index is 0.234. The van der Waals surface area contributed by atoms with Gasteiger partial charge in [0.2, 0.25) is 0 Å². The van der Waals surface area contributed by atoms with E-state index in [2.05, 4.69) is 4.98 Å². The third-order valence-electron chi connectivity index (χ3n) is 2.62. The van der Waals surface area contributed by atoms with Gasteiger partial charge in [-0.3, -0.25) is 4.57 Å². The number of nitrogens with zero attached hydrogens (tertiary/aromatic N) is 3. The first-order valence-corrected chi connectivity index (χ1v) is 4.87. The van der Waals surface area contributed by atoms with E-state index < -0.39 is 5.69 Å². The normalized spacial score (nSPS) is 16.1. The molecule has 0 amide bonds. The summed E-state index contributed by atoms with van der Waals surface area (Å²) in [5.74, 6) is 0.649. The van der Waals surface area contributed by atoms with Crippen LogP contribution in [-0.4, -0.2) is 14.1 Å². The molecule has 0 unspecified atom stereocenters. The zero-order valence-electron chi connectivity index (χ0n) is 8.19. The van der Waals surface area contributed by atoms with E-state index in [0.29, 0.717) is 12.4 Å². The Morgan fingerprint density at radius 1 is 1.21 bits per heavy atom. The average molecular weight is 195 g/mol. The van der Waals surface area contributed by atoms with Crippen molar-refractivity contribution in [2.75, 3.05) is 0 Å². The Kier molecular flexibility index (Phi) is 2.23. The molecule has 0 N–H and O–H groups in total. The van der Waals surface area contributed by atoms with E-state index in [0.717, 1.165) is 30.3 Å². The van der Waals surface area contributed by atoms with Crippen LogP contribution in [0.1, 0.15) is 25.1 Å². The van der Waals surface area contributed by atoms with Gasteiger partial charge in [0.25, 0.3) is 0 Å². The average Bonchev–Trinajstić information content (AvgIpc) is 2.39. The van der Waals surface area contributed by atoms with Gasteiger partial charge in [-0.05, 0) is 12.8 Å². The number of rotatable bonds is 0. The van der Waals surface area contributed by atoms with Crippen LogP contribution in [0.4, 0.5) is 0 Å². The largest absolute Gasteiger partial charge is 0.353 e. The molecule has 0 spiro atoms. The highest BCUT2D eigenvalue weighted by Gasteiger charge is 2.12. The lowest BCUT2D eigenvalue weighted by Crippen LogP contribution is -2.41. The SMILES string of the molecule is Cn1c(=O)nc2n(c1=O)CCCCC2. The van der Waals surface area contributed by atoms with Crippen molar-refractivity contribution in [1.82, 2.24) is 14.1 Å². The molecule has 0 aromatic carbocycles. The highest BCUT2D eigenvalue weighted by Crippen LogP contribution is 2.08. The maximum absolute atomic E-state index is 11.7. The van der Waals surface area contributed by atoms with Crippen LogP contribution < -0.4 is 11.4 Å². The highest BCUT2D eigenvalue weighted by molar-refractivity contribution is 4.90. The van der Waals surface area contributed by atoms with Crippen molar-refractivity contribution in [3.8, 4) is 0 Å². The Morgan fingerprint density at radius 3 is 2.79 bits per heavy atom. The van der Waals surface area contributed by atoms with Crippen LogP contribution in [0.3, 0.4) is 0 Å². The third kappa shape index (κ3) is 1.38. The van der Waals surface area contributed by atoms with Crippen LogP contribution in [0.2, 0.25) is 0 Å². The highest BCUT2D eigenvalue weighted by atomic mass is 16.2. The van der Waals surface area contributed by atoms with E-state index in [-0.39, 0.29) is 5.69 Å². The summed E-state index contributed by atoms with van der Waals surface area (Å²) in [5.41, 5.74) is -0.676. The molecule has 1 aromatic heterocycles. The van der Waals surface area contributed by atoms with Crippen LogP contribution >= 0.6 is 0 Å². The Bertz CT molecular complexity index is 458. The second-order valence-corrected chi connectivity index (χ2v) is 3.61. The molecule has 0 saturated carbocycles. The molecule has 1 aliphatic rings. The quantitative estimate of drug-likeness (QED) is 0.569. The molecule has 0 saturated heterocycles. The predicted molar refractivity (Wildman–Crippen MR) is 51.3 cm³/mol. The van der Waals surface area contributed by atoms with E-state index in [4.69, 9.17) is 0 Å². The molecule has 0 radical (unpaired) electrons. The first kappa shape index (κ1) is 9.18. The summed E-state index contributed by atoms with van der Waals surface area (Å²) in [4.78, 5) is 26.8. The molecule has 0 bridgehead atoms. The van der Waals surface area contributed by atoms with E-state index >= 15 is 0 Å². The molecule has 5 heteroatoms. The summed E-state index contributed by atoms with van der Waals surface area (Å²) in [6.45, 7) is 0.690. The van der Waals surface area contributed by atoms with Crippen LogP contribution in [0.5, 0.6) is 0 Å². The van der Waals surface area contributed by atoms with Gasteiger partial charge in [-0.1, -0.05) is 6.42 Å². The first-order chi connectivity index (χ1) is 6.70. The second-order valence-electron chi connectivity index (χ2n) is 3.61. The molecule has 0 aliphatic carbocycles. The maximum atomic E-state index is 11.7. The summed E-state index contributed by atoms with van der Waals surface area (Å²) in [6, 6.07) is 0. The van der Waals surface area contributed by atoms with Gasteiger partial charge in [0, 0.05) is 20.0 Å². The molecule has 2 heterocycles. The van der Waals surface area contributed by atoms with Crippen LogP contribution in [0.15, 0.2) is 9.59 Å². The lowest BCUT2D eigenvalue weighted by Gasteiger charge is -2.08. The Labute approximate surface area is 81.0 Å². The Hall–Kier alpha value is -1.39. The fourth-order valence-corrected chi connectivity index (χ4v) is 1.76. The first-order valence-electron chi connectivity index (χ1n) is 4.87. The van der Waals surface area contributed by atoms with Crippen molar-refractivity contribution in [2.45, 2.75) is 32.2 Å². The summed E-state index contributed by atoms with van der Waals surface area (Å²) in [5, 5.41) is 0. The van der Waals surface area contributed by atoms with E-state index in [9.17, 15) is 9.59 Å². The van der Waals surface area contributed by atoms with Crippen molar-refractivity contribution in [1.29, 1.82) is 0 Å². The zero-order valence-corrected chi connectivity index (χ0v) is 8.19. The van der Waals surface area contributed by atoms with E-state index in [1.54, 1.807) is 4.57 Å². The fraction of sp³-hybridized carbons (Fsp3) is 0.667. The van der Waals surface area contributed by atoms with Crippen LogP contribution in [0, 0.1) is 0 Å². The predicted octanol–water partition coefficient (Wildman–Crippen LogP) is -0.332. The number of hydrogen-bond acceptors (Lipinski definition) is 3. The molecular weight excluding hydrogens is 182 g/mol. The van der Waals surface area contributed by atoms with Crippen molar-refractivity contribution >= 4 is 0 Å². The summed E-state index contributed by atoms with van der Waals surface area (Å²) >= 11 is 0. The molecule has 76 valence electrons. The van der Waals surface area contributed by atoms with Crippen molar-refractivity contribution in [3.63, 3.8) is 0 Å². The Morgan fingerprint density at radius 2 is 2.00 bits per heavy atom. The monoisotopic (exact) mass is 195 g/mol. The fourth-order valence-electron chi connectivity index (χ4n) is 1.76. The number of fused-ring (bicyclic) bond motifs is 1. The molecule has 1 aliphatic heterocycles. The maximum Gasteiger partial charge on any atom is 0.353 e. The van der Waals surface area contributed by atoms with E-state index in [1.165, 1.54) is 7.05 Å². The van der Waals surface area contributed by atoms with Gasteiger partial charge in [0.05, 0.1) is 0 Å². The van der Waals surface area contributed by atoms with Crippen LogP contribution in [0.25, 0.3) is 0 Å². The number of hydrogen-bond donors (Lipinski definition) is 0.